The van der Waals surface area contributed by atoms with Crippen LogP contribution in [0.2, 0.25) is 0 Å². The van der Waals surface area contributed by atoms with Gasteiger partial charge in [0.05, 0.1) is 19.9 Å². The van der Waals surface area contributed by atoms with Crippen LogP contribution in [0.1, 0.15) is 39.3 Å². The van der Waals surface area contributed by atoms with E-state index in [9.17, 15) is 4.79 Å². The third-order valence-corrected chi connectivity index (χ3v) is 6.74. The predicted octanol–water partition coefficient (Wildman–Crippen LogP) is 5.45. The molecule has 0 radical (unpaired) electrons. The molecule has 2 aromatic carbocycles. The van der Waals surface area contributed by atoms with Crippen LogP contribution in [0.15, 0.2) is 55.1 Å². The van der Waals surface area contributed by atoms with Crippen LogP contribution < -0.4 is 19.1 Å². The maximum Gasteiger partial charge on any atom is 0.260 e. The van der Waals surface area contributed by atoms with Crippen LogP contribution in [-0.4, -0.2) is 31.7 Å². The summed E-state index contributed by atoms with van der Waals surface area (Å²) >= 11 is 1.59. The van der Waals surface area contributed by atoms with Gasteiger partial charge >= 0.3 is 0 Å². The molecule has 1 heterocycles. The van der Waals surface area contributed by atoms with Gasteiger partial charge in [0.1, 0.15) is 6.61 Å². The van der Waals surface area contributed by atoms with Crippen LogP contribution in [0.4, 0.5) is 5.13 Å². The lowest BCUT2D eigenvalue weighted by atomic mass is 10.0. The first-order valence-electron chi connectivity index (χ1n) is 11.0. The highest BCUT2D eigenvalue weighted by molar-refractivity contribution is 7.16. The summed E-state index contributed by atoms with van der Waals surface area (Å²) in [5, 5.41) is 0.703. The summed E-state index contributed by atoms with van der Waals surface area (Å²) in [5.41, 5.74) is 2.57. The van der Waals surface area contributed by atoms with Crippen molar-refractivity contribution in [1.82, 2.24) is 4.98 Å². The van der Waals surface area contributed by atoms with Crippen molar-refractivity contribution in [2.75, 3.05) is 25.7 Å². The lowest BCUT2D eigenvalue weighted by Crippen LogP contribution is -2.31. The lowest BCUT2D eigenvalue weighted by molar-refractivity contribution is 0.0988. The molecule has 0 unspecified atom stereocenters. The second kappa shape index (κ2) is 10.5. The summed E-state index contributed by atoms with van der Waals surface area (Å²) < 4.78 is 17.2. The third-order valence-electron chi connectivity index (χ3n) is 5.56. The Balaban J connectivity index is 1.64. The Kier molecular flexibility index (Phi) is 7.29. The maximum absolute atomic E-state index is 13.6. The predicted molar refractivity (Wildman–Crippen MR) is 131 cm³/mol. The average Bonchev–Trinajstić information content (AvgIpc) is 3.29. The summed E-state index contributed by atoms with van der Waals surface area (Å²) in [6, 6.07) is 13.2. The molecule has 0 fully saturated rings. The Morgan fingerprint density at radius 1 is 1.12 bits per heavy atom. The third kappa shape index (κ3) is 5.03. The van der Waals surface area contributed by atoms with Gasteiger partial charge in [0.25, 0.3) is 5.91 Å². The molecule has 1 amide bonds. The number of nitrogens with zero attached hydrogens (tertiary/aromatic N) is 2. The van der Waals surface area contributed by atoms with Crippen LogP contribution in [0.5, 0.6) is 17.2 Å². The van der Waals surface area contributed by atoms with E-state index in [2.05, 4.69) is 6.58 Å². The van der Waals surface area contributed by atoms with E-state index in [0.29, 0.717) is 41.1 Å². The molecule has 33 heavy (non-hydrogen) atoms. The number of hydrogen-bond acceptors (Lipinski definition) is 6. The zero-order valence-corrected chi connectivity index (χ0v) is 19.8. The fraction of sp³-hybridized carbons (Fsp3) is 0.308. The minimum absolute atomic E-state index is 0.188. The van der Waals surface area contributed by atoms with E-state index in [-0.39, 0.29) is 5.91 Å². The molecule has 0 aliphatic heterocycles. The summed E-state index contributed by atoms with van der Waals surface area (Å²) in [4.78, 5) is 21.3. The van der Waals surface area contributed by atoms with E-state index in [0.717, 1.165) is 30.5 Å². The van der Waals surface area contributed by atoms with Gasteiger partial charge in [0, 0.05) is 17.0 Å². The monoisotopic (exact) mass is 464 g/mol. The molecule has 1 aliphatic rings. The molecule has 172 valence electrons. The summed E-state index contributed by atoms with van der Waals surface area (Å²) in [6.45, 7) is 4.55. The number of amides is 1. The number of fused-ring (bicyclic) bond motifs is 1. The molecule has 0 atom stereocenters. The van der Waals surface area contributed by atoms with Crippen LogP contribution in [-0.2, 0) is 19.4 Å². The van der Waals surface area contributed by atoms with E-state index in [1.165, 1.54) is 11.3 Å². The van der Waals surface area contributed by atoms with Gasteiger partial charge in [-0.15, -0.1) is 17.9 Å². The highest BCUT2D eigenvalue weighted by Crippen LogP contribution is 2.40. The first kappa shape index (κ1) is 22.9. The van der Waals surface area contributed by atoms with Crippen molar-refractivity contribution in [1.29, 1.82) is 0 Å². The SMILES string of the molecule is C=CCN(C(=O)c1cc(OC)c(OCc2ccccc2)c(OC)c1)c1nc2c(s1)CCCC2. The molecule has 3 aromatic rings. The Morgan fingerprint density at radius 2 is 1.82 bits per heavy atom. The summed E-state index contributed by atoms with van der Waals surface area (Å²) in [6.07, 6.45) is 6.02. The van der Waals surface area contributed by atoms with Crippen LogP contribution in [0, 0.1) is 0 Å². The van der Waals surface area contributed by atoms with E-state index >= 15 is 0 Å². The van der Waals surface area contributed by atoms with E-state index in [1.54, 1.807) is 48.7 Å². The van der Waals surface area contributed by atoms with E-state index < -0.39 is 0 Å². The average molecular weight is 465 g/mol. The zero-order valence-electron chi connectivity index (χ0n) is 19.0. The molecule has 1 aliphatic carbocycles. The second-order valence-electron chi connectivity index (χ2n) is 7.76. The van der Waals surface area contributed by atoms with Crippen molar-refractivity contribution >= 4 is 22.4 Å². The van der Waals surface area contributed by atoms with Gasteiger partial charge in [-0.2, -0.15) is 0 Å². The lowest BCUT2D eigenvalue weighted by Gasteiger charge is -2.20. The molecule has 7 heteroatoms. The van der Waals surface area contributed by atoms with E-state index in [1.807, 2.05) is 30.3 Å². The first-order chi connectivity index (χ1) is 16.1. The Labute approximate surface area is 198 Å². The number of methoxy groups -OCH3 is 2. The molecule has 0 N–H and O–H groups in total. The molecule has 0 spiro atoms. The van der Waals surface area contributed by atoms with E-state index in [4.69, 9.17) is 19.2 Å². The first-order valence-corrected chi connectivity index (χ1v) is 11.8. The van der Waals surface area contributed by atoms with Crippen molar-refractivity contribution in [3.8, 4) is 17.2 Å². The zero-order chi connectivity index (χ0) is 23.2. The number of benzene rings is 2. The van der Waals surface area contributed by atoms with Gasteiger partial charge in [-0.3, -0.25) is 9.69 Å². The summed E-state index contributed by atoms with van der Waals surface area (Å²) in [5.74, 6) is 1.14. The number of aryl methyl sites for hydroxylation is 2. The van der Waals surface area contributed by atoms with Gasteiger partial charge in [-0.05, 0) is 43.4 Å². The number of carbonyl (C=O) groups excluding carboxylic acids is 1. The highest BCUT2D eigenvalue weighted by atomic mass is 32.1. The van der Waals surface area contributed by atoms with Crippen molar-refractivity contribution < 1.29 is 19.0 Å². The van der Waals surface area contributed by atoms with Crippen molar-refractivity contribution in [3.63, 3.8) is 0 Å². The standard InChI is InChI=1S/C26H28N2O4S/c1-4-14-28(26-27-20-12-8-9-13-23(20)33-26)25(29)19-15-21(30-2)24(22(16-19)31-3)32-17-18-10-6-5-7-11-18/h4-7,10-11,15-16H,1,8-9,12-14,17H2,2-3H3. The molecule has 0 saturated carbocycles. The normalized spacial score (nSPS) is 12.5. The topological polar surface area (TPSA) is 60.9 Å². The number of rotatable bonds is 9. The number of thiazole rings is 1. The fourth-order valence-corrected chi connectivity index (χ4v) is 5.02. The van der Waals surface area contributed by atoms with Crippen molar-refractivity contribution in [2.24, 2.45) is 0 Å². The minimum Gasteiger partial charge on any atom is -0.493 e. The Bertz CT molecular complexity index is 1080. The highest BCUT2D eigenvalue weighted by Gasteiger charge is 2.26. The van der Waals surface area contributed by atoms with Gasteiger partial charge < -0.3 is 14.2 Å². The molecule has 0 saturated heterocycles. The fourth-order valence-electron chi connectivity index (χ4n) is 3.86. The van der Waals surface area contributed by atoms with Gasteiger partial charge in [-0.1, -0.05) is 36.4 Å². The second-order valence-corrected chi connectivity index (χ2v) is 8.82. The number of aromatic nitrogens is 1. The molecular formula is C26H28N2O4S. The van der Waals surface area contributed by atoms with Crippen molar-refractivity contribution in [3.05, 3.63) is 76.8 Å². The molecule has 6 nitrogen and oxygen atoms in total. The number of carbonyl (C=O) groups is 1. The largest absolute Gasteiger partial charge is 0.493 e. The van der Waals surface area contributed by atoms with Gasteiger partial charge in [-0.25, -0.2) is 4.98 Å². The Hall–Kier alpha value is -3.32. The molecule has 0 bridgehead atoms. The van der Waals surface area contributed by atoms with Crippen LogP contribution >= 0.6 is 11.3 Å². The van der Waals surface area contributed by atoms with Crippen LogP contribution in [0.3, 0.4) is 0 Å². The summed E-state index contributed by atoms with van der Waals surface area (Å²) in [7, 11) is 3.10. The number of ether oxygens (including phenoxy) is 3. The van der Waals surface area contributed by atoms with Gasteiger partial charge in [0.15, 0.2) is 16.6 Å². The Morgan fingerprint density at radius 3 is 2.45 bits per heavy atom. The quantitative estimate of drug-likeness (QED) is 0.394. The van der Waals surface area contributed by atoms with Crippen LogP contribution in [0.25, 0.3) is 0 Å². The molecule has 4 rings (SSSR count). The van der Waals surface area contributed by atoms with Crippen molar-refractivity contribution in [2.45, 2.75) is 32.3 Å². The smallest absolute Gasteiger partial charge is 0.260 e. The maximum atomic E-state index is 13.6. The minimum atomic E-state index is -0.188. The van der Waals surface area contributed by atoms with Gasteiger partial charge in [0.2, 0.25) is 5.75 Å². The number of anilines is 1. The molecule has 1 aromatic heterocycles. The number of hydrogen-bond donors (Lipinski definition) is 0. The molecular weight excluding hydrogens is 436 g/mol.